The Hall–Kier alpha value is -3.93. The number of carbonyl (C=O) groups excluding carboxylic acids is 1. The summed E-state index contributed by atoms with van der Waals surface area (Å²) in [7, 11) is 0. The van der Waals surface area contributed by atoms with Gasteiger partial charge in [0.15, 0.2) is 11.5 Å². The van der Waals surface area contributed by atoms with E-state index in [1.165, 1.54) is 0 Å². The van der Waals surface area contributed by atoms with Crippen molar-refractivity contribution in [2.45, 2.75) is 30.9 Å². The van der Waals surface area contributed by atoms with E-state index in [-0.39, 0.29) is 24.3 Å². The van der Waals surface area contributed by atoms with E-state index in [0.717, 1.165) is 0 Å². The topological polar surface area (TPSA) is 58.0 Å². The number of aromatic nitrogens is 2. The summed E-state index contributed by atoms with van der Waals surface area (Å²) in [5, 5.41) is 15.3. The number of carbonyl (C=O) groups is 1. The van der Waals surface area contributed by atoms with Crippen molar-refractivity contribution in [1.29, 1.82) is 0 Å². The van der Waals surface area contributed by atoms with Crippen LogP contribution in [0.4, 0.5) is 65.9 Å². The third-order valence-corrected chi connectivity index (χ3v) is 5.01. The minimum absolute atomic E-state index is 0.246. The first kappa shape index (κ1) is 30.6. The van der Waals surface area contributed by atoms with Crippen LogP contribution in [0.5, 0.6) is 5.88 Å². The van der Waals surface area contributed by atoms with Crippen LogP contribution in [0.2, 0.25) is 0 Å². The Morgan fingerprint density at radius 3 is 1.25 bits per heavy atom. The van der Waals surface area contributed by atoms with E-state index in [1.54, 1.807) is 0 Å². The van der Waals surface area contributed by atoms with Crippen LogP contribution >= 0.6 is 0 Å². The molecule has 0 saturated carbocycles. The SMILES string of the molecule is O=C(c1cc(C(F)(F)F)cc(C(F)(F)F)c1)c1c(C(F)(F)F)nn(-c2cc(C(F)(F)F)cc(C(F)(F)F)c2)c1[O-]. The number of benzene rings is 2. The molecular formula is C21H6F15N2O2-. The molecule has 3 rings (SSSR count). The largest absolute Gasteiger partial charge is 0.858 e. The molecule has 218 valence electrons. The summed E-state index contributed by atoms with van der Waals surface area (Å²) in [6, 6.07) is -2.12. The third kappa shape index (κ3) is 6.11. The van der Waals surface area contributed by atoms with Gasteiger partial charge in [-0.2, -0.15) is 71.0 Å². The molecule has 1 heterocycles. The lowest BCUT2D eigenvalue weighted by Gasteiger charge is -2.18. The van der Waals surface area contributed by atoms with Crippen LogP contribution in [-0.4, -0.2) is 15.6 Å². The van der Waals surface area contributed by atoms with Crippen molar-refractivity contribution in [3.63, 3.8) is 0 Å². The van der Waals surface area contributed by atoms with Crippen molar-refractivity contribution in [2.75, 3.05) is 0 Å². The molecule has 0 saturated heterocycles. The molecule has 0 N–H and O–H groups in total. The maximum Gasteiger partial charge on any atom is 0.435 e. The molecular weight excluding hydrogens is 597 g/mol. The average Bonchev–Trinajstić information content (AvgIpc) is 3.13. The second-order valence-electron chi connectivity index (χ2n) is 7.83. The molecule has 0 bridgehead atoms. The highest BCUT2D eigenvalue weighted by Crippen LogP contribution is 2.42. The van der Waals surface area contributed by atoms with Gasteiger partial charge in [0.1, 0.15) is 0 Å². The van der Waals surface area contributed by atoms with Crippen LogP contribution in [0, 0.1) is 0 Å². The van der Waals surface area contributed by atoms with E-state index in [1.807, 2.05) is 0 Å². The second kappa shape index (κ2) is 9.33. The van der Waals surface area contributed by atoms with Gasteiger partial charge in [-0.05, 0) is 36.4 Å². The quantitative estimate of drug-likeness (QED) is 0.234. The Kier molecular flexibility index (Phi) is 7.14. The first-order chi connectivity index (χ1) is 17.8. The van der Waals surface area contributed by atoms with E-state index >= 15 is 0 Å². The van der Waals surface area contributed by atoms with Gasteiger partial charge in [0.2, 0.25) is 0 Å². The highest BCUT2D eigenvalue weighted by molar-refractivity contribution is 6.11. The van der Waals surface area contributed by atoms with Crippen LogP contribution in [0.1, 0.15) is 43.9 Å². The molecule has 0 aliphatic heterocycles. The fraction of sp³-hybridized carbons (Fsp3) is 0.238. The van der Waals surface area contributed by atoms with Crippen LogP contribution in [0.25, 0.3) is 5.69 Å². The lowest BCUT2D eigenvalue weighted by atomic mass is 9.97. The molecule has 19 heteroatoms. The summed E-state index contributed by atoms with van der Waals surface area (Å²) >= 11 is 0. The molecule has 0 spiro atoms. The molecule has 0 unspecified atom stereocenters. The monoisotopic (exact) mass is 603 g/mol. The fourth-order valence-corrected chi connectivity index (χ4v) is 3.27. The zero-order valence-corrected chi connectivity index (χ0v) is 18.3. The smallest absolute Gasteiger partial charge is 0.435 e. The van der Waals surface area contributed by atoms with Crippen LogP contribution in [0.3, 0.4) is 0 Å². The van der Waals surface area contributed by atoms with Crippen molar-refractivity contribution in [2.24, 2.45) is 0 Å². The first-order valence-electron chi connectivity index (χ1n) is 9.83. The van der Waals surface area contributed by atoms with Gasteiger partial charge in [0, 0.05) is 11.4 Å². The van der Waals surface area contributed by atoms with Gasteiger partial charge in [-0.1, -0.05) is 0 Å². The summed E-state index contributed by atoms with van der Waals surface area (Å²) in [6.07, 6.45) is -28.2. The average molecular weight is 603 g/mol. The van der Waals surface area contributed by atoms with E-state index in [2.05, 4.69) is 5.10 Å². The predicted octanol–water partition coefficient (Wildman–Crippen LogP) is 7.27. The highest BCUT2D eigenvalue weighted by atomic mass is 19.4. The van der Waals surface area contributed by atoms with Gasteiger partial charge in [0.25, 0.3) is 0 Å². The lowest BCUT2D eigenvalue weighted by Crippen LogP contribution is -2.17. The van der Waals surface area contributed by atoms with Gasteiger partial charge in [-0.3, -0.25) is 4.79 Å². The van der Waals surface area contributed by atoms with Crippen molar-refractivity contribution in [1.82, 2.24) is 9.78 Å². The predicted molar refractivity (Wildman–Crippen MR) is 97.9 cm³/mol. The van der Waals surface area contributed by atoms with Crippen LogP contribution in [-0.2, 0) is 30.9 Å². The minimum Gasteiger partial charge on any atom is -0.858 e. The van der Waals surface area contributed by atoms with E-state index in [4.69, 9.17) is 0 Å². The van der Waals surface area contributed by atoms with Crippen LogP contribution < -0.4 is 5.11 Å². The van der Waals surface area contributed by atoms with Gasteiger partial charge in [-0.25, -0.2) is 4.68 Å². The summed E-state index contributed by atoms with van der Waals surface area (Å²) in [5.41, 5.74) is -16.8. The fourth-order valence-electron chi connectivity index (χ4n) is 3.27. The molecule has 0 aliphatic rings. The molecule has 0 atom stereocenters. The summed E-state index contributed by atoms with van der Waals surface area (Å²) in [5.74, 6) is -4.81. The summed E-state index contributed by atoms with van der Waals surface area (Å²) < 4.78 is 198. The normalized spacial score (nSPS) is 13.6. The lowest BCUT2D eigenvalue weighted by molar-refractivity contribution is -0.278. The number of hydrogen-bond acceptors (Lipinski definition) is 3. The number of hydrogen-bond donors (Lipinski definition) is 0. The molecule has 0 fully saturated rings. The van der Waals surface area contributed by atoms with Gasteiger partial charge in [0.05, 0.1) is 33.5 Å². The molecule has 0 aliphatic carbocycles. The molecule has 0 radical (unpaired) electrons. The Bertz CT molecular complexity index is 1390. The Balaban J connectivity index is 2.36. The van der Waals surface area contributed by atoms with Crippen molar-refractivity contribution >= 4 is 5.78 Å². The van der Waals surface area contributed by atoms with E-state index in [9.17, 15) is 75.8 Å². The zero-order chi connectivity index (χ0) is 30.8. The number of ketones is 1. The molecule has 3 aromatic rings. The van der Waals surface area contributed by atoms with Gasteiger partial charge < -0.3 is 5.11 Å². The van der Waals surface area contributed by atoms with Crippen molar-refractivity contribution in [3.8, 4) is 11.6 Å². The molecule has 0 amide bonds. The highest BCUT2D eigenvalue weighted by Gasteiger charge is 2.43. The Morgan fingerprint density at radius 1 is 0.575 bits per heavy atom. The number of halogens is 15. The van der Waals surface area contributed by atoms with Crippen molar-refractivity contribution < 1.29 is 75.8 Å². The second-order valence-corrected chi connectivity index (χ2v) is 7.83. The standard InChI is InChI=1S/C21H7F15N2O2/c22-17(23,24)8-1-7(2-9(3-8)18(25,26)27)14(39)13-15(21(34,35)36)37-38(16(13)40)12-5-10(19(28,29)30)4-11(6-12)20(31,32)33/h1-6,40H/p-1. The maximum absolute atomic E-state index is 13.6. The first-order valence-corrected chi connectivity index (χ1v) is 9.83. The van der Waals surface area contributed by atoms with Crippen molar-refractivity contribution in [3.05, 3.63) is 75.5 Å². The number of rotatable bonds is 3. The summed E-state index contributed by atoms with van der Waals surface area (Å²) in [4.78, 5) is 12.7. The molecule has 40 heavy (non-hydrogen) atoms. The van der Waals surface area contributed by atoms with Gasteiger partial charge >= 0.3 is 30.9 Å². The Morgan fingerprint density at radius 2 is 0.925 bits per heavy atom. The molecule has 4 nitrogen and oxygen atoms in total. The van der Waals surface area contributed by atoms with E-state index in [0.29, 0.717) is 0 Å². The van der Waals surface area contributed by atoms with Gasteiger partial charge in [-0.15, -0.1) is 0 Å². The number of alkyl halides is 15. The molecule has 2 aromatic carbocycles. The summed E-state index contributed by atoms with van der Waals surface area (Å²) in [6.45, 7) is 0. The Labute approximate surface area is 210 Å². The third-order valence-electron chi connectivity index (χ3n) is 5.01. The maximum atomic E-state index is 13.6. The van der Waals surface area contributed by atoms with Crippen LogP contribution in [0.15, 0.2) is 36.4 Å². The number of nitrogens with zero attached hydrogens (tertiary/aromatic N) is 2. The van der Waals surface area contributed by atoms with E-state index < -0.39 is 104 Å². The minimum atomic E-state index is -5.89. The molecule has 1 aromatic heterocycles. The zero-order valence-electron chi connectivity index (χ0n) is 18.3.